The van der Waals surface area contributed by atoms with Crippen LogP contribution < -0.4 is 19.6 Å². The molecule has 2 heterocycles. The molecule has 0 aliphatic carbocycles. The molecule has 0 saturated heterocycles. The van der Waals surface area contributed by atoms with Crippen LogP contribution in [0.5, 0.6) is 17.2 Å². The van der Waals surface area contributed by atoms with Crippen molar-refractivity contribution < 1.29 is 28.2 Å². The van der Waals surface area contributed by atoms with Crippen molar-refractivity contribution in [2.45, 2.75) is 33.1 Å². The van der Waals surface area contributed by atoms with Crippen molar-refractivity contribution in [2.75, 3.05) is 26.4 Å². The van der Waals surface area contributed by atoms with Crippen LogP contribution in [0.4, 0.5) is 0 Å². The van der Waals surface area contributed by atoms with Gasteiger partial charge in [0.1, 0.15) is 17.6 Å². The minimum Gasteiger partial charge on any atom is -0.490 e. The Kier molecular flexibility index (Phi) is 6.63. The van der Waals surface area contributed by atoms with E-state index in [2.05, 4.69) is 0 Å². The number of benzene rings is 2. The fourth-order valence-electron chi connectivity index (χ4n) is 3.67. The van der Waals surface area contributed by atoms with E-state index >= 15 is 0 Å². The van der Waals surface area contributed by atoms with Crippen LogP contribution in [-0.4, -0.2) is 32.4 Å². The lowest BCUT2D eigenvalue weighted by molar-refractivity contribution is -0.145. The molecular weight excluding hydrogens is 412 g/mol. The Bertz CT molecular complexity index is 1180. The molecule has 0 saturated carbocycles. The Morgan fingerprint density at radius 3 is 2.66 bits per heavy atom. The van der Waals surface area contributed by atoms with Crippen molar-refractivity contribution in [3.05, 3.63) is 52.4 Å². The molecule has 0 spiro atoms. The van der Waals surface area contributed by atoms with Gasteiger partial charge in [-0.25, -0.2) is 4.79 Å². The number of carbonyl (C=O) groups excluding carboxylic acids is 1. The summed E-state index contributed by atoms with van der Waals surface area (Å²) in [6.07, 6.45) is 3.80. The lowest BCUT2D eigenvalue weighted by Gasteiger charge is -2.13. The van der Waals surface area contributed by atoms with Crippen molar-refractivity contribution in [1.29, 1.82) is 0 Å². The van der Waals surface area contributed by atoms with E-state index in [-0.39, 0.29) is 12.0 Å². The molecule has 0 amide bonds. The molecule has 0 atom stereocenters. The first-order valence-electron chi connectivity index (χ1n) is 10.9. The maximum atomic E-state index is 13.3. The van der Waals surface area contributed by atoms with Crippen molar-refractivity contribution in [3.8, 4) is 28.4 Å². The summed E-state index contributed by atoms with van der Waals surface area (Å²) in [5.41, 5.74) is 2.23. The van der Waals surface area contributed by atoms with E-state index in [1.165, 1.54) is 6.26 Å². The van der Waals surface area contributed by atoms with Crippen LogP contribution in [0.2, 0.25) is 0 Å². The first-order valence-corrected chi connectivity index (χ1v) is 10.9. The number of aryl methyl sites for hydroxylation is 1. The zero-order chi connectivity index (χ0) is 22.5. The number of fused-ring (bicyclic) bond motifs is 2. The van der Waals surface area contributed by atoms with Gasteiger partial charge in [-0.15, -0.1) is 0 Å². The Morgan fingerprint density at radius 1 is 1.06 bits per heavy atom. The fourth-order valence-corrected chi connectivity index (χ4v) is 3.67. The Balaban J connectivity index is 1.72. The van der Waals surface area contributed by atoms with E-state index in [9.17, 15) is 9.59 Å². The third kappa shape index (κ3) is 4.56. The van der Waals surface area contributed by atoms with Crippen LogP contribution in [-0.2, 0) is 16.0 Å². The highest BCUT2D eigenvalue weighted by Gasteiger charge is 2.17. The maximum absolute atomic E-state index is 13.3. The van der Waals surface area contributed by atoms with E-state index in [1.54, 1.807) is 19.1 Å². The summed E-state index contributed by atoms with van der Waals surface area (Å²) in [5, 5.41) is 0.460. The standard InChI is InChI=1S/C25H26O7/c1-3-6-17-11-18-22(13-21(17)32-15-24(26)28-4-2)31-14-19(25(18)27)16-7-8-20-23(12-16)30-10-5-9-29-20/h7-8,11-14H,3-6,9-10,15H2,1-2H3. The summed E-state index contributed by atoms with van der Waals surface area (Å²) in [6, 6.07) is 8.91. The highest BCUT2D eigenvalue weighted by atomic mass is 16.6. The number of hydrogen-bond acceptors (Lipinski definition) is 7. The molecule has 0 N–H and O–H groups in total. The van der Waals surface area contributed by atoms with E-state index < -0.39 is 5.97 Å². The van der Waals surface area contributed by atoms with Crippen molar-refractivity contribution in [2.24, 2.45) is 0 Å². The van der Waals surface area contributed by atoms with Gasteiger partial charge >= 0.3 is 5.97 Å². The zero-order valence-electron chi connectivity index (χ0n) is 18.3. The molecule has 2 aromatic carbocycles. The summed E-state index contributed by atoms with van der Waals surface area (Å²) in [7, 11) is 0. The second-order valence-corrected chi connectivity index (χ2v) is 7.49. The molecule has 1 aliphatic rings. The van der Waals surface area contributed by atoms with Crippen LogP contribution in [0.1, 0.15) is 32.3 Å². The lowest BCUT2D eigenvalue weighted by Crippen LogP contribution is -2.15. The summed E-state index contributed by atoms with van der Waals surface area (Å²) in [6.45, 7) is 5.04. The Labute approximate surface area is 185 Å². The Morgan fingerprint density at radius 2 is 1.88 bits per heavy atom. The molecule has 0 radical (unpaired) electrons. The van der Waals surface area contributed by atoms with Gasteiger partial charge in [0.15, 0.2) is 18.1 Å². The summed E-state index contributed by atoms with van der Waals surface area (Å²) in [4.78, 5) is 25.0. The normalized spacial score (nSPS) is 12.9. The van der Waals surface area contributed by atoms with Gasteiger partial charge in [-0.1, -0.05) is 19.4 Å². The summed E-state index contributed by atoms with van der Waals surface area (Å²) >= 11 is 0. The van der Waals surface area contributed by atoms with Crippen molar-refractivity contribution in [1.82, 2.24) is 0 Å². The van der Waals surface area contributed by atoms with Crippen LogP contribution >= 0.6 is 0 Å². The summed E-state index contributed by atoms with van der Waals surface area (Å²) in [5.74, 6) is 1.36. The molecule has 0 bridgehead atoms. The third-order valence-corrected chi connectivity index (χ3v) is 5.18. The van der Waals surface area contributed by atoms with Gasteiger partial charge < -0.3 is 23.4 Å². The third-order valence-electron chi connectivity index (χ3n) is 5.18. The first-order chi connectivity index (χ1) is 15.6. The van der Waals surface area contributed by atoms with Crippen LogP contribution in [0.25, 0.3) is 22.1 Å². The number of carbonyl (C=O) groups is 1. The molecule has 3 aromatic rings. The maximum Gasteiger partial charge on any atom is 0.344 e. The second kappa shape index (κ2) is 9.77. The largest absolute Gasteiger partial charge is 0.490 e. The summed E-state index contributed by atoms with van der Waals surface area (Å²) < 4.78 is 27.8. The quantitative estimate of drug-likeness (QED) is 0.502. The van der Waals surface area contributed by atoms with Gasteiger partial charge in [0.25, 0.3) is 0 Å². The molecule has 168 valence electrons. The molecule has 0 fully saturated rings. The molecule has 7 nitrogen and oxygen atoms in total. The number of hydrogen-bond donors (Lipinski definition) is 0. The van der Waals surface area contributed by atoms with Crippen molar-refractivity contribution in [3.63, 3.8) is 0 Å². The average Bonchev–Trinajstić information content (AvgIpc) is 3.03. The number of ether oxygens (including phenoxy) is 4. The molecule has 1 aliphatic heterocycles. The minimum absolute atomic E-state index is 0.143. The molecule has 1 aromatic heterocycles. The van der Waals surface area contributed by atoms with Crippen LogP contribution in [0.3, 0.4) is 0 Å². The highest BCUT2D eigenvalue weighted by molar-refractivity contribution is 5.84. The van der Waals surface area contributed by atoms with E-state index in [0.717, 1.165) is 18.4 Å². The monoisotopic (exact) mass is 438 g/mol. The fraction of sp³-hybridized carbons (Fsp3) is 0.360. The molecule has 4 rings (SSSR count). The minimum atomic E-state index is -0.443. The molecule has 0 unspecified atom stereocenters. The van der Waals surface area contributed by atoms with Crippen LogP contribution in [0, 0.1) is 0 Å². The van der Waals surface area contributed by atoms with Crippen LogP contribution in [0.15, 0.2) is 45.8 Å². The lowest BCUT2D eigenvalue weighted by atomic mass is 10.0. The topological polar surface area (TPSA) is 84.2 Å². The second-order valence-electron chi connectivity index (χ2n) is 7.49. The molecule has 7 heteroatoms. The van der Waals surface area contributed by atoms with Gasteiger partial charge in [0.05, 0.1) is 30.8 Å². The number of rotatable bonds is 7. The zero-order valence-corrected chi connectivity index (χ0v) is 18.3. The predicted molar refractivity (Wildman–Crippen MR) is 120 cm³/mol. The molecule has 32 heavy (non-hydrogen) atoms. The van der Waals surface area contributed by atoms with E-state index in [1.807, 2.05) is 25.1 Å². The van der Waals surface area contributed by atoms with Gasteiger partial charge in [-0.3, -0.25) is 4.79 Å². The first kappa shape index (κ1) is 21.7. The Hall–Kier alpha value is -3.48. The predicted octanol–water partition coefficient (Wildman–Crippen LogP) is 4.52. The number of esters is 1. The van der Waals surface area contributed by atoms with Gasteiger partial charge in [0, 0.05) is 12.5 Å². The molecular formula is C25H26O7. The van der Waals surface area contributed by atoms with E-state index in [4.69, 9.17) is 23.4 Å². The van der Waals surface area contributed by atoms with E-state index in [0.29, 0.717) is 65.6 Å². The average molecular weight is 438 g/mol. The van der Waals surface area contributed by atoms with Gasteiger partial charge in [-0.2, -0.15) is 0 Å². The SMILES string of the molecule is CCCc1cc2c(=O)c(-c3ccc4c(c3)OCCCO4)coc2cc1OCC(=O)OCC. The smallest absolute Gasteiger partial charge is 0.344 e. The van der Waals surface area contributed by atoms with Crippen molar-refractivity contribution >= 4 is 16.9 Å². The van der Waals surface area contributed by atoms with Gasteiger partial charge in [0.2, 0.25) is 5.43 Å². The van der Waals surface area contributed by atoms with Gasteiger partial charge in [-0.05, 0) is 42.7 Å². The highest BCUT2D eigenvalue weighted by Crippen LogP contribution is 2.34.